The number of carbonyl (C=O) groups excluding carboxylic acids is 1. The zero-order chi connectivity index (χ0) is 12.1. The Balaban J connectivity index is 0. The Morgan fingerprint density at radius 3 is 2.07 bits per heavy atom. The van der Waals surface area contributed by atoms with Crippen molar-refractivity contribution in [3.63, 3.8) is 0 Å². The third kappa shape index (κ3) is 19.2. The maximum absolute atomic E-state index is 10.7. The average Bonchev–Trinajstić information content (AvgIpc) is 2.19. The molecule has 0 aromatic heterocycles. The molecule has 6 heteroatoms. The first-order valence-electron chi connectivity index (χ1n) is 4.78. The van der Waals surface area contributed by atoms with E-state index in [2.05, 4.69) is 11.8 Å². The van der Waals surface area contributed by atoms with Crippen molar-refractivity contribution in [3.05, 3.63) is 0 Å². The van der Waals surface area contributed by atoms with E-state index in [0.29, 0.717) is 13.0 Å². The van der Waals surface area contributed by atoms with E-state index < -0.39 is 6.16 Å². The molecule has 0 saturated carbocycles. The molecule has 0 fully saturated rings. The summed E-state index contributed by atoms with van der Waals surface area (Å²) in [4.78, 5) is 22.3. The maximum atomic E-state index is 10.7. The Labute approximate surface area is 88.7 Å². The molecule has 2 N–H and O–H groups in total. The lowest BCUT2D eigenvalue weighted by Gasteiger charge is -1.99. The minimum Gasteiger partial charge on any atom is -0.466 e. The summed E-state index contributed by atoms with van der Waals surface area (Å²) in [6.45, 7) is 4.45. The molecule has 0 saturated heterocycles. The van der Waals surface area contributed by atoms with Gasteiger partial charge in [-0.05, 0) is 13.3 Å². The Hall–Kier alpha value is -1.30. The Bertz CT molecular complexity index is 168. The van der Waals surface area contributed by atoms with Gasteiger partial charge in [0.05, 0.1) is 6.61 Å². The van der Waals surface area contributed by atoms with Gasteiger partial charge in [-0.25, -0.2) is 4.79 Å². The van der Waals surface area contributed by atoms with Crippen LogP contribution in [0.25, 0.3) is 0 Å². The number of esters is 1. The SMILES string of the molecule is CCCCCC(=O)OCC.O=C(O)OO. The van der Waals surface area contributed by atoms with Gasteiger partial charge in [-0.2, -0.15) is 5.26 Å². The molecule has 0 amide bonds. The molecule has 0 unspecified atom stereocenters. The van der Waals surface area contributed by atoms with E-state index in [9.17, 15) is 4.79 Å². The highest BCUT2D eigenvalue weighted by molar-refractivity contribution is 5.69. The average molecular weight is 222 g/mol. The molecule has 6 nitrogen and oxygen atoms in total. The van der Waals surface area contributed by atoms with Crippen molar-refractivity contribution < 1.29 is 29.6 Å². The highest BCUT2D eigenvalue weighted by atomic mass is 17.1. The van der Waals surface area contributed by atoms with Crippen LogP contribution in [0.1, 0.15) is 39.5 Å². The lowest BCUT2D eigenvalue weighted by Crippen LogP contribution is -2.02. The summed E-state index contributed by atoms with van der Waals surface area (Å²) in [7, 11) is 0. The Morgan fingerprint density at radius 1 is 1.20 bits per heavy atom. The summed E-state index contributed by atoms with van der Waals surface area (Å²) in [6, 6.07) is 0. The molecule has 90 valence electrons. The van der Waals surface area contributed by atoms with Gasteiger partial charge in [0.15, 0.2) is 0 Å². The first-order valence-corrected chi connectivity index (χ1v) is 4.78. The number of ether oxygens (including phenoxy) is 1. The molecule has 0 aliphatic carbocycles. The van der Waals surface area contributed by atoms with E-state index >= 15 is 0 Å². The predicted octanol–water partition coefficient (Wildman–Crippen LogP) is 2.28. The van der Waals surface area contributed by atoms with Crippen LogP contribution < -0.4 is 0 Å². The van der Waals surface area contributed by atoms with Crippen LogP contribution in [-0.2, 0) is 14.4 Å². The number of carbonyl (C=O) groups is 2. The van der Waals surface area contributed by atoms with Crippen molar-refractivity contribution in [2.24, 2.45) is 0 Å². The standard InChI is InChI=1S/C8H16O2.CH2O4/c1-3-5-6-7-8(9)10-4-2;2-1(3)5-4/h3-7H2,1-2H3;4H,(H,2,3). The van der Waals surface area contributed by atoms with Gasteiger partial charge in [0, 0.05) is 6.42 Å². The Kier molecular flexibility index (Phi) is 13.7. The van der Waals surface area contributed by atoms with E-state index in [1.807, 2.05) is 6.92 Å². The van der Waals surface area contributed by atoms with Crippen LogP contribution in [0.15, 0.2) is 0 Å². The van der Waals surface area contributed by atoms with Gasteiger partial charge in [0.1, 0.15) is 0 Å². The fourth-order valence-corrected chi connectivity index (χ4v) is 0.752. The van der Waals surface area contributed by atoms with Gasteiger partial charge in [-0.15, -0.1) is 0 Å². The molecule has 15 heavy (non-hydrogen) atoms. The Morgan fingerprint density at radius 2 is 1.73 bits per heavy atom. The first kappa shape index (κ1) is 16.1. The van der Waals surface area contributed by atoms with Crippen LogP contribution in [0, 0.1) is 0 Å². The molecule has 0 heterocycles. The second-order valence-electron chi connectivity index (χ2n) is 2.62. The van der Waals surface area contributed by atoms with Crippen molar-refractivity contribution in [2.75, 3.05) is 6.61 Å². The monoisotopic (exact) mass is 222 g/mol. The minimum atomic E-state index is -1.69. The van der Waals surface area contributed by atoms with Crippen LogP contribution in [-0.4, -0.2) is 29.1 Å². The van der Waals surface area contributed by atoms with Crippen LogP contribution >= 0.6 is 0 Å². The number of hydrogen-bond donors (Lipinski definition) is 2. The molecule has 0 rings (SSSR count). The zero-order valence-electron chi connectivity index (χ0n) is 9.06. The summed E-state index contributed by atoms with van der Waals surface area (Å²) >= 11 is 0. The van der Waals surface area contributed by atoms with E-state index in [1.165, 1.54) is 0 Å². The molecular weight excluding hydrogens is 204 g/mol. The third-order valence-corrected chi connectivity index (χ3v) is 1.37. The van der Waals surface area contributed by atoms with Crippen molar-refractivity contribution in [3.8, 4) is 0 Å². The topological polar surface area (TPSA) is 93.1 Å². The minimum absolute atomic E-state index is 0.0593. The number of rotatable bonds is 5. The second-order valence-corrected chi connectivity index (χ2v) is 2.62. The largest absolute Gasteiger partial charge is 0.537 e. The quantitative estimate of drug-likeness (QED) is 0.321. The number of carboxylic acid groups (broad SMARTS) is 1. The highest BCUT2D eigenvalue weighted by Crippen LogP contribution is 1.99. The summed E-state index contributed by atoms with van der Waals surface area (Å²) in [5.41, 5.74) is 0. The summed E-state index contributed by atoms with van der Waals surface area (Å²) in [6.07, 6.45) is 2.14. The van der Waals surface area contributed by atoms with Gasteiger partial charge < -0.3 is 9.84 Å². The zero-order valence-corrected chi connectivity index (χ0v) is 9.06. The van der Waals surface area contributed by atoms with Gasteiger partial charge in [-0.1, -0.05) is 19.8 Å². The molecule has 0 radical (unpaired) electrons. The van der Waals surface area contributed by atoms with Crippen molar-refractivity contribution in [1.82, 2.24) is 0 Å². The molecule has 0 aromatic carbocycles. The van der Waals surface area contributed by atoms with Gasteiger partial charge in [0.2, 0.25) is 0 Å². The smallest absolute Gasteiger partial charge is 0.466 e. The van der Waals surface area contributed by atoms with Crippen LogP contribution in [0.3, 0.4) is 0 Å². The molecule has 0 bridgehead atoms. The fraction of sp³-hybridized carbons (Fsp3) is 0.778. The summed E-state index contributed by atoms with van der Waals surface area (Å²) in [5, 5.41) is 14.3. The highest BCUT2D eigenvalue weighted by Gasteiger charge is 1.98. The summed E-state index contributed by atoms with van der Waals surface area (Å²) in [5.74, 6) is -0.0593. The van der Waals surface area contributed by atoms with Crippen molar-refractivity contribution >= 4 is 12.1 Å². The maximum Gasteiger partial charge on any atom is 0.537 e. The molecule has 0 atom stereocenters. The van der Waals surface area contributed by atoms with Gasteiger partial charge >= 0.3 is 12.1 Å². The second kappa shape index (κ2) is 12.7. The van der Waals surface area contributed by atoms with Crippen LogP contribution in [0.2, 0.25) is 0 Å². The normalized spacial score (nSPS) is 8.47. The third-order valence-electron chi connectivity index (χ3n) is 1.37. The first-order chi connectivity index (χ1) is 7.08. The lowest BCUT2D eigenvalue weighted by molar-refractivity contribution is -0.194. The molecule has 0 spiro atoms. The molecular formula is C9H18O6. The number of hydrogen-bond acceptors (Lipinski definition) is 5. The lowest BCUT2D eigenvalue weighted by atomic mass is 10.2. The molecule has 0 aromatic rings. The molecule has 0 aliphatic rings. The van der Waals surface area contributed by atoms with E-state index in [4.69, 9.17) is 19.9 Å². The predicted molar refractivity (Wildman–Crippen MR) is 52.5 cm³/mol. The van der Waals surface area contributed by atoms with E-state index in [0.717, 1.165) is 19.3 Å². The summed E-state index contributed by atoms with van der Waals surface area (Å²) < 4.78 is 4.75. The van der Waals surface area contributed by atoms with E-state index in [-0.39, 0.29) is 5.97 Å². The van der Waals surface area contributed by atoms with Crippen molar-refractivity contribution in [1.29, 1.82) is 0 Å². The van der Waals surface area contributed by atoms with Crippen LogP contribution in [0.4, 0.5) is 4.79 Å². The van der Waals surface area contributed by atoms with E-state index in [1.54, 1.807) is 0 Å². The number of unbranched alkanes of at least 4 members (excludes halogenated alkanes) is 2. The fourth-order valence-electron chi connectivity index (χ4n) is 0.752. The van der Waals surface area contributed by atoms with Crippen LogP contribution in [0.5, 0.6) is 0 Å². The van der Waals surface area contributed by atoms with Crippen molar-refractivity contribution in [2.45, 2.75) is 39.5 Å². The van der Waals surface area contributed by atoms with Gasteiger partial charge in [0.25, 0.3) is 0 Å². The van der Waals surface area contributed by atoms with Gasteiger partial charge in [-0.3, -0.25) is 9.68 Å². The molecule has 0 aliphatic heterocycles.